The summed E-state index contributed by atoms with van der Waals surface area (Å²) in [5, 5.41) is 32.2. The average Bonchev–Trinajstić information content (AvgIpc) is 3.25. The molecule has 0 bridgehead atoms. The molecule has 1 aliphatic rings. The Hall–Kier alpha value is -2.37. The Labute approximate surface area is 167 Å². The molecule has 0 radical (unpaired) electrons. The van der Waals surface area contributed by atoms with Crippen molar-refractivity contribution in [2.75, 3.05) is 5.75 Å². The number of rotatable bonds is 5. The Morgan fingerprint density at radius 1 is 1.14 bits per heavy atom. The van der Waals surface area contributed by atoms with E-state index in [9.17, 15) is 23.7 Å². The first-order valence-electron chi connectivity index (χ1n) is 9.05. The van der Waals surface area contributed by atoms with Gasteiger partial charge in [0.25, 0.3) is 0 Å². The van der Waals surface area contributed by atoms with Gasteiger partial charge < -0.3 is 24.6 Å². The minimum atomic E-state index is -3.80. The summed E-state index contributed by atoms with van der Waals surface area (Å²) in [5.74, 6) is -0.647. The van der Waals surface area contributed by atoms with E-state index in [1.165, 1.54) is 23.0 Å². The molecule has 9 nitrogen and oxygen atoms in total. The van der Waals surface area contributed by atoms with Crippen LogP contribution in [0.4, 0.5) is 0 Å². The predicted octanol–water partition coefficient (Wildman–Crippen LogP) is 0.194. The first kappa shape index (κ1) is 19.9. The van der Waals surface area contributed by atoms with E-state index in [-0.39, 0.29) is 4.90 Å². The zero-order valence-electron chi connectivity index (χ0n) is 15.5. The standard InChI is InChI=1S/C19H21N3O6S/c1-11-13-7-8-22(18(13)21-10-20-11)19-16(25)15(24)17(28-19)14(23)9-29(26,27)12-5-3-2-4-6-12/h2-8,10,14-17,19,23-25H,9H2,1H3/t14-,15-,16+,17+,19+/m0/s1. The minimum Gasteiger partial charge on any atom is -0.389 e. The fourth-order valence-corrected chi connectivity index (χ4v) is 4.98. The van der Waals surface area contributed by atoms with Crippen molar-refractivity contribution in [2.45, 2.75) is 42.5 Å². The highest BCUT2D eigenvalue weighted by Gasteiger charge is 2.48. The lowest BCUT2D eigenvalue weighted by molar-refractivity contribution is -0.0765. The van der Waals surface area contributed by atoms with Gasteiger partial charge in [0.2, 0.25) is 0 Å². The number of aromatic nitrogens is 3. The van der Waals surface area contributed by atoms with Crippen LogP contribution in [-0.2, 0) is 14.6 Å². The molecule has 154 valence electrons. The molecule has 10 heteroatoms. The van der Waals surface area contributed by atoms with Gasteiger partial charge in [-0.2, -0.15) is 0 Å². The Bertz CT molecular complexity index is 1120. The quantitative estimate of drug-likeness (QED) is 0.534. The van der Waals surface area contributed by atoms with Crippen LogP contribution in [0.1, 0.15) is 11.9 Å². The topological polar surface area (TPSA) is 135 Å². The number of hydrogen-bond donors (Lipinski definition) is 3. The minimum absolute atomic E-state index is 0.0622. The van der Waals surface area contributed by atoms with Crippen molar-refractivity contribution >= 4 is 20.9 Å². The van der Waals surface area contributed by atoms with Gasteiger partial charge in [-0.3, -0.25) is 0 Å². The van der Waals surface area contributed by atoms with Crippen LogP contribution in [0.15, 0.2) is 53.8 Å². The smallest absolute Gasteiger partial charge is 0.181 e. The van der Waals surface area contributed by atoms with E-state index in [1.807, 2.05) is 6.92 Å². The Morgan fingerprint density at radius 2 is 1.86 bits per heavy atom. The van der Waals surface area contributed by atoms with E-state index in [1.54, 1.807) is 30.5 Å². The van der Waals surface area contributed by atoms with E-state index in [2.05, 4.69) is 9.97 Å². The van der Waals surface area contributed by atoms with Gasteiger partial charge in [-0.15, -0.1) is 0 Å². The van der Waals surface area contributed by atoms with Crippen molar-refractivity contribution in [2.24, 2.45) is 0 Å². The summed E-state index contributed by atoms with van der Waals surface area (Å²) in [5.41, 5.74) is 1.24. The first-order valence-corrected chi connectivity index (χ1v) is 10.7. The van der Waals surface area contributed by atoms with Gasteiger partial charge in [0.1, 0.15) is 30.3 Å². The SMILES string of the molecule is Cc1ncnc2c1ccn2[C@@H]1O[C@H]([C@@H](O)CS(=O)(=O)c2ccccc2)[C@@H](O)[C@H]1O. The van der Waals surface area contributed by atoms with Gasteiger partial charge in [-0.1, -0.05) is 18.2 Å². The highest BCUT2D eigenvalue weighted by atomic mass is 32.2. The number of nitrogens with zero attached hydrogens (tertiary/aromatic N) is 3. The number of fused-ring (bicyclic) bond motifs is 1. The van der Waals surface area contributed by atoms with Crippen LogP contribution in [0.3, 0.4) is 0 Å². The molecule has 0 aliphatic carbocycles. The molecule has 0 saturated carbocycles. The summed E-state index contributed by atoms with van der Waals surface area (Å²) in [4.78, 5) is 8.37. The van der Waals surface area contributed by atoms with Crippen LogP contribution < -0.4 is 0 Å². The molecule has 5 atom stereocenters. The fourth-order valence-electron chi connectivity index (χ4n) is 3.58. The van der Waals surface area contributed by atoms with Crippen molar-refractivity contribution in [1.82, 2.24) is 14.5 Å². The molecule has 1 aliphatic heterocycles. The second-order valence-electron chi connectivity index (χ2n) is 7.05. The van der Waals surface area contributed by atoms with Gasteiger partial charge in [-0.05, 0) is 25.1 Å². The maximum atomic E-state index is 12.5. The lowest BCUT2D eigenvalue weighted by Gasteiger charge is -2.21. The average molecular weight is 419 g/mol. The number of aryl methyl sites for hydroxylation is 1. The summed E-state index contributed by atoms with van der Waals surface area (Å²) in [6.45, 7) is 1.82. The Balaban J connectivity index is 1.57. The number of hydrogen-bond acceptors (Lipinski definition) is 8. The zero-order valence-corrected chi connectivity index (χ0v) is 16.3. The molecule has 2 aromatic heterocycles. The molecule has 4 rings (SSSR count). The van der Waals surface area contributed by atoms with E-state index in [0.717, 1.165) is 11.1 Å². The Morgan fingerprint density at radius 3 is 2.59 bits per heavy atom. The molecule has 0 spiro atoms. The summed E-state index contributed by atoms with van der Waals surface area (Å²) in [6.07, 6.45) is -3.67. The number of ether oxygens (including phenoxy) is 1. The zero-order chi connectivity index (χ0) is 20.8. The van der Waals surface area contributed by atoms with Crippen molar-refractivity contribution in [3.63, 3.8) is 0 Å². The number of benzene rings is 1. The predicted molar refractivity (Wildman–Crippen MR) is 103 cm³/mol. The van der Waals surface area contributed by atoms with Crippen molar-refractivity contribution in [3.05, 3.63) is 54.6 Å². The maximum Gasteiger partial charge on any atom is 0.181 e. The number of sulfone groups is 1. The normalized spacial score (nSPS) is 26.1. The van der Waals surface area contributed by atoms with E-state index in [4.69, 9.17) is 4.74 Å². The summed E-state index contributed by atoms with van der Waals surface area (Å²) < 4.78 is 32.3. The highest BCUT2D eigenvalue weighted by molar-refractivity contribution is 7.91. The summed E-state index contributed by atoms with van der Waals surface area (Å²) >= 11 is 0. The lowest BCUT2D eigenvalue weighted by Crippen LogP contribution is -2.42. The van der Waals surface area contributed by atoms with Crippen LogP contribution in [0.2, 0.25) is 0 Å². The van der Waals surface area contributed by atoms with Gasteiger partial charge in [0, 0.05) is 11.6 Å². The van der Waals surface area contributed by atoms with Crippen molar-refractivity contribution < 1.29 is 28.5 Å². The van der Waals surface area contributed by atoms with Gasteiger partial charge in [0.05, 0.1) is 22.4 Å². The van der Waals surface area contributed by atoms with Gasteiger partial charge in [0.15, 0.2) is 16.1 Å². The molecule has 1 fully saturated rings. The largest absolute Gasteiger partial charge is 0.389 e. The summed E-state index contributed by atoms with van der Waals surface area (Å²) in [7, 11) is -3.80. The fraction of sp³-hybridized carbons (Fsp3) is 0.368. The van der Waals surface area contributed by atoms with Crippen LogP contribution in [0.25, 0.3) is 11.0 Å². The van der Waals surface area contributed by atoms with E-state index >= 15 is 0 Å². The number of aliphatic hydroxyl groups is 3. The van der Waals surface area contributed by atoms with Gasteiger partial charge >= 0.3 is 0 Å². The molecule has 0 amide bonds. The Kier molecular flexibility index (Phi) is 5.13. The molecule has 3 aromatic rings. The highest BCUT2D eigenvalue weighted by Crippen LogP contribution is 2.34. The summed E-state index contributed by atoms with van der Waals surface area (Å²) in [6, 6.07) is 9.48. The third-order valence-corrected chi connectivity index (χ3v) is 6.90. The van der Waals surface area contributed by atoms with E-state index in [0.29, 0.717) is 5.65 Å². The molecule has 3 heterocycles. The molecule has 1 saturated heterocycles. The van der Waals surface area contributed by atoms with E-state index < -0.39 is 46.2 Å². The molecular formula is C19H21N3O6S. The molecule has 1 aromatic carbocycles. The van der Waals surface area contributed by atoms with Crippen molar-refractivity contribution in [3.8, 4) is 0 Å². The lowest BCUT2D eigenvalue weighted by atomic mass is 10.1. The van der Waals surface area contributed by atoms with Crippen LogP contribution in [0.5, 0.6) is 0 Å². The first-order chi connectivity index (χ1) is 13.8. The van der Waals surface area contributed by atoms with Gasteiger partial charge in [-0.25, -0.2) is 18.4 Å². The monoisotopic (exact) mass is 419 g/mol. The maximum absolute atomic E-state index is 12.5. The third kappa shape index (κ3) is 3.53. The van der Waals surface area contributed by atoms with Crippen molar-refractivity contribution in [1.29, 1.82) is 0 Å². The molecule has 0 unspecified atom stereocenters. The second kappa shape index (κ2) is 7.47. The molecular weight excluding hydrogens is 398 g/mol. The molecule has 3 N–H and O–H groups in total. The number of aliphatic hydroxyl groups excluding tert-OH is 3. The molecule has 29 heavy (non-hydrogen) atoms. The van der Waals surface area contributed by atoms with Crippen LogP contribution in [-0.4, -0.2) is 68.4 Å². The second-order valence-corrected chi connectivity index (χ2v) is 9.09. The third-order valence-electron chi connectivity index (χ3n) is 5.13. The van der Waals surface area contributed by atoms with Crippen LogP contribution >= 0.6 is 0 Å². The van der Waals surface area contributed by atoms with Crippen LogP contribution in [0, 0.1) is 6.92 Å².